The molecule has 2 aliphatic heterocycles. The molecule has 3 rings (SSSR count). The molecule has 8 nitrogen and oxygen atoms in total. The molecule has 8 heteroatoms. The second-order valence-electron chi connectivity index (χ2n) is 5.46. The van der Waals surface area contributed by atoms with Gasteiger partial charge in [0, 0.05) is 7.11 Å². The van der Waals surface area contributed by atoms with E-state index in [9.17, 15) is 24.9 Å². The summed E-state index contributed by atoms with van der Waals surface area (Å²) < 4.78 is 10.5. The summed E-state index contributed by atoms with van der Waals surface area (Å²) >= 11 is 0. The minimum absolute atomic E-state index is 0.221. The summed E-state index contributed by atoms with van der Waals surface area (Å²) in [6.07, 6.45) is -5.19. The SMILES string of the molecule is CO[C@H]1OC(CO)[C@@H](O)C(O)C1N1C(=O)c2ccccc2C1=O. The van der Waals surface area contributed by atoms with Gasteiger partial charge in [-0.25, -0.2) is 0 Å². The summed E-state index contributed by atoms with van der Waals surface area (Å²) in [6, 6.07) is 5.07. The average molecular weight is 323 g/mol. The Balaban J connectivity index is 1.97. The lowest BCUT2D eigenvalue weighted by molar-refractivity contribution is -0.272. The molecular weight excluding hydrogens is 306 g/mol. The Morgan fingerprint density at radius 1 is 1.13 bits per heavy atom. The van der Waals surface area contributed by atoms with Gasteiger partial charge in [0.2, 0.25) is 0 Å². The van der Waals surface area contributed by atoms with Gasteiger partial charge in [-0.2, -0.15) is 0 Å². The van der Waals surface area contributed by atoms with Crippen molar-refractivity contribution in [3.63, 3.8) is 0 Å². The summed E-state index contributed by atoms with van der Waals surface area (Å²) in [5.74, 6) is -1.18. The molecule has 5 atom stereocenters. The third-order valence-corrected chi connectivity index (χ3v) is 4.20. The number of nitrogens with zero attached hydrogens (tertiary/aromatic N) is 1. The minimum atomic E-state index is -1.51. The van der Waals surface area contributed by atoms with Gasteiger partial charge in [0.05, 0.1) is 17.7 Å². The molecule has 3 N–H and O–H groups in total. The molecule has 0 radical (unpaired) electrons. The fourth-order valence-electron chi connectivity index (χ4n) is 3.02. The maximum absolute atomic E-state index is 12.5. The van der Waals surface area contributed by atoms with Crippen LogP contribution in [-0.2, 0) is 9.47 Å². The van der Waals surface area contributed by atoms with Crippen LogP contribution in [-0.4, -0.2) is 76.4 Å². The van der Waals surface area contributed by atoms with Gasteiger partial charge >= 0.3 is 0 Å². The molecule has 2 amide bonds. The van der Waals surface area contributed by atoms with Crippen LogP contribution in [0.5, 0.6) is 0 Å². The van der Waals surface area contributed by atoms with E-state index in [1.807, 2.05) is 0 Å². The van der Waals surface area contributed by atoms with Crippen molar-refractivity contribution in [1.29, 1.82) is 0 Å². The molecule has 1 fully saturated rings. The number of fused-ring (bicyclic) bond motifs is 1. The van der Waals surface area contributed by atoms with Gasteiger partial charge in [0.15, 0.2) is 6.29 Å². The van der Waals surface area contributed by atoms with Crippen molar-refractivity contribution >= 4 is 11.8 Å². The van der Waals surface area contributed by atoms with Crippen LogP contribution < -0.4 is 0 Å². The lowest BCUT2D eigenvalue weighted by Crippen LogP contribution is -2.65. The highest BCUT2D eigenvalue weighted by molar-refractivity contribution is 6.21. The minimum Gasteiger partial charge on any atom is -0.394 e. The van der Waals surface area contributed by atoms with E-state index in [1.165, 1.54) is 19.2 Å². The molecule has 1 aromatic carbocycles. The summed E-state index contributed by atoms with van der Waals surface area (Å²) in [6.45, 7) is -0.535. The summed E-state index contributed by atoms with van der Waals surface area (Å²) in [4.78, 5) is 25.9. The molecule has 0 spiro atoms. The van der Waals surface area contributed by atoms with Crippen LogP contribution in [0.25, 0.3) is 0 Å². The highest BCUT2D eigenvalue weighted by atomic mass is 16.7. The van der Waals surface area contributed by atoms with Crippen molar-refractivity contribution in [2.45, 2.75) is 30.6 Å². The lowest BCUT2D eigenvalue weighted by atomic mass is 9.95. The number of aliphatic hydroxyl groups excluding tert-OH is 3. The van der Waals surface area contributed by atoms with Gasteiger partial charge in [-0.15, -0.1) is 0 Å². The van der Waals surface area contributed by atoms with Gasteiger partial charge in [0.25, 0.3) is 11.8 Å². The van der Waals surface area contributed by atoms with Gasteiger partial charge in [-0.1, -0.05) is 12.1 Å². The predicted octanol–water partition coefficient (Wildman–Crippen LogP) is -1.26. The second kappa shape index (κ2) is 5.99. The predicted molar refractivity (Wildman–Crippen MR) is 75.5 cm³/mol. The Kier molecular flexibility index (Phi) is 4.17. The first-order chi connectivity index (χ1) is 11.0. The van der Waals surface area contributed by atoms with Crippen LogP contribution in [0.2, 0.25) is 0 Å². The van der Waals surface area contributed by atoms with E-state index in [0.717, 1.165) is 4.90 Å². The molecular formula is C15H17NO7. The molecule has 23 heavy (non-hydrogen) atoms. The monoisotopic (exact) mass is 323 g/mol. The van der Waals surface area contributed by atoms with Crippen molar-refractivity contribution in [3.05, 3.63) is 35.4 Å². The van der Waals surface area contributed by atoms with Gasteiger partial charge in [-0.05, 0) is 12.1 Å². The van der Waals surface area contributed by atoms with E-state index in [2.05, 4.69) is 0 Å². The summed E-state index contributed by atoms with van der Waals surface area (Å²) in [7, 11) is 1.29. The summed E-state index contributed by atoms with van der Waals surface area (Å²) in [5.41, 5.74) is 0.441. The molecule has 0 saturated carbocycles. The van der Waals surface area contributed by atoms with Crippen molar-refractivity contribution in [2.24, 2.45) is 0 Å². The van der Waals surface area contributed by atoms with Crippen molar-refractivity contribution in [3.8, 4) is 0 Å². The number of amides is 2. The Morgan fingerprint density at radius 2 is 1.70 bits per heavy atom. The van der Waals surface area contributed by atoms with Crippen LogP contribution in [0.15, 0.2) is 24.3 Å². The van der Waals surface area contributed by atoms with Crippen LogP contribution >= 0.6 is 0 Å². The Bertz CT molecular complexity index is 597. The lowest BCUT2D eigenvalue weighted by Gasteiger charge is -2.44. The molecule has 0 aliphatic carbocycles. The fraction of sp³-hybridized carbons (Fsp3) is 0.467. The first kappa shape index (κ1) is 16.0. The quantitative estimate of drug-likeness (QED) is 0.594. The van der Waals surface area contributed by atoms with Gasteiger partial charge in [0.1, 0.15) is 24.4 Å². The topological polar surface area (TPSA) is 117 Å². The number of hydrogen-bond acceptors (Lipinski definition) is 7. The first-order valence-corrected chi connectivity index (χ1v) is 7.13. The number of imide groups is 1. The molecule has 1 saturated heterocycles. The van der Waals surface area contributed by atoms with E-state index >= 15 is 0 Å². The maximum Gasteiger partial charge on any atom is 0.262 e. The van der Waals surface area contributed by atoms with E-state index in [-0.39, 0.29) is 11.1 Å². The zero-order valence-corrected chi connectivity index (χ0v) is 12.3. The van der Waals surface area contributed by atoms with E-state index in [0.29, 0.717) is 0 Å². The molecule has 2 heterocycles. The number of carbonyl (C=O) groups is 2. The number of benzene rings is 1. The highest BCUT2D eigenvalue weighted by Crippen LogP contribution is 2.32. The second-order valence-corrected chi connectivity index (χ2v) is 5.46. The van der Waals surface area contributed by atoms with Crippen molar-refractivity contribution in [1.82, 2.24) is 4.90 Å². The number of ether oxygens (including phenoxy) is 2. The molecule has 1 aromatic rings. The third-order valence-electron chi connectivity index (χ3n) is 4.20. The van der Waals surface area contributed by atoms with Gasteiger partial charge < -0.3 is 24.8 Å². The molecule has 3 unspecified atom stereocenters. The Hall–Kier alpha value is -1.84. The standard InChI is InChI=1S/C15H17NO7/c1-22-15-10(12(19)11(18)9(6-17)23-15)16-13(20)7-4-2-3-5-8(7)14(16)21/h2-5,9-12,15,17-19H,6H2,1H3/t9?,10?,11-,12?,15+/m1/s1. The zero-order chi connectivity index (χ0) is 16.7. The Labute approximate surface area is 131 Å². The fourth-order valence-corrected chi connectivity index (χ4v) is 3.02. The van der Waals surface area contributed by atoms with Crippen molar-refractivity contribution in [2.75, 3.05) is 13.7 Å². The maximum atomic E-state index is 12.5. The van der Waals surface area contributed by atoms with E-state index in [4.69, 9.17) is 9.47 Å². The number of aliphatic hydroxyl groups is 3. The third kappa shape index (κ3) is 2.35. The molecule has 0 aromatic heterocycles. The highest BCUT2D eigenvalue weighted by Gasteiger charge is 2.52. The van der Waals surface area contributed by atoms with Crippen LogP contribution in [0.4, 0.5) is 0 Å². The first-order valence-electron chi connectivity index (χ1n) is 7.13. The summed E-state index contributed by atoms with van der Waals surface area (Å²) in [5, 5.41) is 29.6. The number of methoxy groups -OCH3 is 1. The van der Waals surface area contributed by atoms with Gasteiger partial charge in [-0.3, -0.25) is 14.5 Å². The largest absolute Gasteiger partial charge is 0.394 e. The zero-order valence-electron chi connectivity index (χ0n) is 12.3. The normalized spacial score (nSPS) is 33.9. The molecule has 124 valence electrons. The number of carbonyl (C=O) groups excluding carboxylic acids is 2. The van der Waals surface area contributed by atoms with Crippen LogP contribution in [0.3, 0.4) is 0 Å². The molecule has 0 bridgehead atoms. The van der Waals surface area contributed by atoms with Crippen LogP contribution in [0, 0.1) is 0 Å². The number of rotatable bonds is 3. The Morgan fingerprint density at radius 3 is 2.17 bits per heavy atom. The average Bonchev–Trinajstić information content (AvgIpc) is 2.82. The smallest absolute Gasteiger partial charge is 0.262 e. The van der Waals surface area contributed by atoms with E-state index < -0.39 is 49.1 Å². The molecule has 2 aliphatic rings. The number of hydrogen-bond donors (Lipinski definition) is 3. The van der Waals surface area contributed by atoms with Crippen molar-refractivity contribution < 1.29 is 34.4 Å². The van der Waals surface area contributed by atoms with Crippen LogP contribution in [0.1, 0.15) is 20.7 Å². The van der Waals surface area contributed by atoms with E-state index in [1.54, 1.807) is 12.1 Å².